The van der Waals surface area contributed by atoms with Gasteiger partial charge in [-0.25, -0.2) is 0 Å². The summed E-state index contributed by atoms with van der Waals surface area (Å²) in [5.74, 6) is 0.827. The average molecular weight is 421 g/mol. The number of methoxy groups -OCH3 is 1. The molecule has 2 heterocycles. The minimum absolute atomic E-state index is 0.0544. The lowest BCUT2D eigenvalue weighted by Gasteiger charge is -2.25. The van der Waals surface area contributed by atoms with Crippen LogP contribution >= 0.6 is 34.3 Å². The van der Waals surface area contributed by atoms with Gasteiger partial charge < -0.3 is 9.64 Å². The minimum Gasteiger partial charge on any atom is -0.497 e. The number of halogens is 1. The van der Waals surface area contributed by atoms with Crippen molar-refractivity contribution in [2.24, 2.45) is 0 Å². The summed E-state index contributed by atoms with van der Waals surface area (Å²) in [6.07, 6.45) is 0. The summed E-state index contributed by atoms with van der Waals surface area (Å²) in [5, 5.41) is 2.03. The molecule has 0 spiro atoms. The molecule has 0 aliphatic rings. The van der Waals surface area contributed by atoms with Gasteiger partial charge in [0.05, 0.1) is 24.5 Å². The Labute approximate surface area is 172 Å². The summed E-state index contributed by atoms with van der Waals surface area (Å²) in [6.45, 7) is 1.58. The number of ether oxygens (including phenoxy) is 1. The summed E-state index contributed by atoms with van der Waals surface area (Å²) in [7, 11) is 3.58. The van der Waals surface area contributed by atoms with Crippen LogP contribution in [0, 0.1) is 0 Å². The lowest BCUT2D eigenvalue weighted by atomic mass is 10.2. The third kappa shape index (κ3) is 5.56. The molecular formula is C20H21ClN2O2S2. The van der Waals surface area contributed by atoms with Crippen molar-refractivity contribution < 1.29 is 9.53 Å². The van der Waals surface area contributed by atoms with Crippen LogP contribution in [-0.4, -0.2) is 31.5 Å². The lowest BCUT2D eigenvalue weighted by molar-refractivity contribution is -0.119. The number of hydrogen-bond acceptors (Lipinski definition) is 5. The Hall–Kier alpha value is -1.86. The minimum atomic E-state index is 0.0544. The number of carbonyl (C=O) groups is 1. The highest BCUT2D eigenvalue weighted by Crippen LogP contribution is 2.24. The first-order valence-electron chi connectivity index (χ1n) is 8.44. The Bertz CT molecular complexity index is 863. The van der Waals surface area contributed by atoms with E-state index in [0.29, 0.717) is 19.6 Å². The molecule has 2 aromatic heterocycles. The lowest BCUT2D eigenvalue weighted by Crippen LogP contribution is -2.38. The van der Waals surface area contributed by atoms with E-state index in [1.807, 2.05) is 70.8 Å². The molecule has 0 N–H and O–H groups in total. The van der Waals surface area contributed by atoms with Gasteiger partial charge >= 0.3 is 0 Å². The van der Waals surface area contributed by atoms with Gasteiger partial charge in [-0.1, -0.05) is 17.7 Å². The molecule has 4 nitrogen and oxygen atoms in total. The third-order valence-corrected chi connectivity index (χ3v) is 6.12. The highest BCUT2D eigenvalue weighted by atomic mass is 35.5. The number of rotatable bonds is 8. The van der Waals surface area contributed by atoms with E-state index < -0.39 is 0 Å². The maximum atomic E-state index is 13.1. The number of amides is 1. The number of anilines is 1. The standard InChI is InChI=1S/C20H21ClN2O2S2/c1-22(12-18-9-10-19(21)27-18)14-20(24)23(13-17-4-3-11-26-17)15-5-7-16(25-2)8-6-15/h3-11H,12-14H2,1-2H3. The van der Waals surface area contributed by atoms with Crippen LogP contribution < -0.4 is 9.64 Å². The first-order valence-corrected chi connectivity index (χ1v) is 10.5. The van der Waals surface area contributed by atoms with Crippen LogP contribution in [0.3, 0.4) is 0 Å². The number of benzene rings is 1. The van der Waals surface area contributed by atoms with Crippen LogP contribution in [0.2, 0.25) is 4.34 Å². The van der Waals surface area contributed by atoms with Gasteiger partial charge in [0.2, 0.25) is 5.91 Å². The molecule has 1 amide bonds. The number of hydrogen-bond donors (Lipinski definition) is 0. The Morgan fingerprint density at radius 1 is 1.07 bits per heavy atom. The van der Waals surface area contributed by atoms with E-state index in [1.165, 1.54) is 0 Å². The second kappa shape index (κ2) is 9.37. The van der Waals surface area contributed by atoms with E-state index in [2.05, 4.69) is 0 Å². The average Bonchev–Trinajstić information content (AvgIpc) is 3.31. The van der Waals surface area contributed by atoms with Crippen LogP contribution in [0.4, 0.5) is 5.69 Å². The molecule has 7 heteroatoms. The third-order valence-electron chi connectivity index (χ3n) is 4.04. The van der Waals surface area contributed by atoms with Gasteiger partial charge in [0.25, 0.3) is 0 Å². The normalized spacial score (nSPS) is 11.0. The quantitative estimate of drug-likeness (QED) is 0.506. The van der Waals surface area contributed by atoms with Gasteiger partial charge in [-0.05, 0) is 54.9 Å². The zero-order valence-corrected chi connectivity index (χ0v) is 17.6. The van der Waals surface area contributed by atoms with Gasteiger partial charge in [0.15, 0.2) is 0 Å². The molecule has 0 aliphatic carbocycles. The second-order valence-electron chi connectivity index (χ2n) is 6.14. The zero-order valence-electron chi connectivity index (χ0n) is 15.2. The summed E-state index contributed by atoms with van der Waals surface area (Å²) >= 11 is 9.19. The molecule has 142 valence electrons. The van der Waals surface area contributed by atoms with E-state index in [9.17, 15) is 4.79 Å². The molecule has 3 rings (SSSR count). The van der Waals surface area contributed by atoms with Crippen LogP contribution in [0.25, 0.3) is 0 Å². The van der Waals surface area contributed by atoms with Crippen molar-refractivity contribution in [1.29, 1.82) is 0 Å². The topological polar surface area (TPSA) is 32.8 Å². The van der Waals surface area contributed by atoms with Crippen molar-refractivity contribution in [2.45, 2.75) is 13.1 Å². The number of nitrogens with zero attached hydrogens (tertiary/aromatic N) is 2. The Morgan fingerprint density at radius 2 is 1.85 bits per heavy atom. The molecule has 0 aliphatic heterocycles. The van der Waals surface area contributed by atoms with Crippen molar-refractivity contribution in [3.8, 4) is 5.75 Å². The summed E-state index contributed by atoms with van der Waals surface area (Å²) < 4.78 is 5.99. The Kier molecular flexibility index (Phi) is 6.90. The van der Waals surface area contributed by atoms with E-state index in [1.54, 1.807) is 29.8 Å². The molecule has 3 aromatic rings. The van der Waals surface area contributed by atoms with E-state index >= 15 is 0 Å². The number of thiophene rings is 2. The molecule has 1 aromatic carbocycles. The maximum Gasteiger partial charge on any atom is 0.241 e. The molecule has 0 bridgehead atoms. The molecule has 0 radical (unpaired) electrons. The van der Waals surface area contributed by atoms with Gasteiger partial charge in [-0.15, -0.1) is 22.7 Å². The van der Waals surface area contributed by atoms with Crippen molar-refractivity contribution >= 4 is 45.9 Å². The van der Waals surface area contributed by atoms with Crippen molar-refractivity contribution in [1.82, 2.24) is 4.90 Å². The first kappa shape index (κ1) is 19.9. The van der Waals surface area contributed by atoms with Gasteiger partial charge in [0, 0.05) is 22.0 Å². The summed E-state index contributed by atoms with van der Waals surface area (Å²) in [5.41, 5.74) is 0.863. The fourth-order valence-electron chi connectivity index (χ4n) is 2.72. The van der Waals surface area contributed by atoms with E-state index in [0.717, 1.165) is 25.5 Å². The predicted octanol–water partition coefficient (Wildman–Crippen LogP) is 5.14. The predicted molar refractivity (Wildman–Crippen MR) is 114 cm³/mol. The monoisotopic (exact) mass is 420 g/mol. The fourth-order valence-corrected chi connectivity index (χ4v) is 4.58. The zero-order chi connectivity index (χ0) is 19.2. The first-order chi connectivity index (χ1) is 13.0. The maximum absolute atomic E-state index is 13.1. The second-order valence-corrected chi connectivity index (χ2v) is 8.97. The number of likely N-dealkylation sites (N-methyl/N-ethyl adjacent to an activating group) is 1. The largest absolute Gasteiger partial charge is 0.497 e. The molecule has 0 fully saturated rings. The van der Waals surface area contributed by atoms with Crippen LogP contribution in [0.15, 0.2) is 53.9 Å². The smallest absolute Gasteiger partial charge is 0.241 e. The number of carbonyl (C=O) groups excluding carboxylic acids is 1. The van der Waals surface area contributed by atoms with E-state index in [4.69, 9.17) is 16.3 Å². The van der Waals surface area contributed by atoms with Crippen molar-refractivity contribution in [2.75, 3.05) is 25.6 Å². The SMILES string of the molecule is COc1ccc(N(Cc2cccs2)C(=O)CN(C)Cc2ccc(Cl)s2)cc1. The van der Waals surface area contributed by atoms with Crippen molar-refractivity contribution in [3.05, 3.63) is 68.0 Å². The molecule has 27 heavy (non-hydrogen) atoms. The van der Waals surface area contributed by atoms with Crippen LogP contribution in [-0.2, 0) is 17.9 Å². The van der Waals surface area contributed by atoms with Gasteiger partial charge in [-0.2, -0.15) is 0 Å². The molecule has 0 saturated carbocycles. The van der Waals surface area contributed by atoms with Crippen LogP contribution in [0.1, 0.15) is 9.75 Å². The molecular weight excluding hydrogens is 400 g/mol. The molecule has 0 saturated heterocycles. The van der Waals surface area contributed by atoms with Crippen LogP contribution in [0.5, 0.6) is 5.75 Å². The van der Waals surface area contributed by atoms with Crippen molar-refractivity contribution in [3.63, 3.8) is 0 Å². The van der Waals surface area contributed by atoms with Gasteiger partial charge in [-0.3, -0.25) is 9.69 Å². The summed E-state index contributed by atoms with van der Waals surface area (Å²) in [4.78, 5) is 19.2. The van der Waals surface area contributed by atoms with Gasteiger partial charge in [0.1, 0.15) is 5.75 Å². The molecule has 0 unspecified atom stereocenters. The summed E-state index contributed by atoms with van der Waals surface area (Å²) in [6, 6.07) is 15.5. The molecule has 0 atom stereocenters. The fraction of sp³-hybridized carbons (Fsp3) is 0.250. The Morgan fingerprint density at radius 3 is 2.44 bits per heavy atom. The highest BCUT2D eigenvalue weighted by molar-refractivity contribution is 7.16. The highest BCUT2D eigenvalue weighted by Gasteiger charge is 2.19. The van der Waals surface area contributed by atoms with E-state index in [-0.39, 0.29) is 5.91 Å². The Balaban J connectivity index is 1.73.